The van der Waals surface area contributed by atoms with E-state index in [-0.39, 0.29) is 6.54 Å². The van der Waals surface area contributed by atoms with E-state index in [0.29, 0.717) is 18.8 Å². The molecule has 0 aromatic carbocycles. The summed E-state index contributed by atoms with van der Waals surface area (Å²) < 4.78 is 36.6. The summed E-state index contributed by atoms with van der Waals surface area (Å²) in [6, 6.07) is 0. The van der Waals surface area contributed by atoms with Crippen LogP contribution in [0.2, 0.25) is 0 Å². The number of alkyl halides is 3. The molecule has 6 heteroatoms. The van der Waals surface area contributed by atoms with E-state index in [4.69, 9.17) is 5.11 Å². The van der Waals surface area contributed by atoms with Gasteiger partial charge in [-0.05, 0) is 38.6 Å². The molecule has 0 spiro atoms. The standard InChI is InChI=1S/C12H22F3NO2/c1-9-3-5-11(18,6-4-9)8-16(2)7-10(17)12(13,14)15/h9-10,17-18H,3-8H2,1-2H3. The third-order valence-corrected chi connectivity index (χ3v) is 3.63. The van der Waals surface area contributed by atoms with Crippen molar-refractivity contribution in [2.24, 2.45) is 5.92 Å². The van der Waals surface area contributed by atoms with E-state index >= 15 is 0 Å². The van der Waals surface area contributed by atoms with Gasteiger partial charge in [0, 0.05) is 13.1 Å². The molecule has 1 atom stereocenters. The zero-order chi connectivity index (χ0) is 14.0. The monoisotopic (exact) mass is 269 g/mol. The first kappa shape index (κ1) is 15.7. The van der Waals surface area contributed by atoms with Gasteiger partial charge in [-0.3, -0.25) is 0 Å². The van der Waals surface area contributed by atoms with Crippen LogP contribution in [0.5, 0.6) is 0 Å². The highest BCUT2D eigenvalue weighted by atomic mass is 19.4. The van der Waals surface area contributed by atoms with Gasteiger partial charge in [0.1, 0.15) is 0 Å². The van der Waals surface area contributed by atoms with Crippen molar-refractivity contribution in [1.82, 2.24) is 4.90 Å². The molecule has 0 radical (unpaired) electrons. The van der Waals surface area contributed by atoms with Gasteiger partial charge in [0.05, 0.1) is 5.60 Å². The third-order valence-electron chi connectivity index (χ3n) is 3.63. The average Bonchev–Trinajstić information content (AvgIpc) is 2.21. The summed E-state index contributed by atoms with van der Waals surface area (Å²) in [6.07, 6.45) is -3.94. The second-order valence-corrected chi connectivity index (χ2v) is 5.66. The van der Waals surface area contributed by atoms with Gasteiger partial charge in [-0.1, -0.05) is 6.92 Å². The van der Waals surface area contributed by atoms with E-state index in [0.717, 1.165) is 12.8 Å². The number of nitrogens with zero attached hydrogens (tertiary/aromatic N) is 1. The van der Waals surface area contributed by atoms with Crippen LogP contribution in [0.1, 0.15) is 32.6 Å². The van der Waals surface area contributed by atoms with E-state index < -0.39 is 24.4 Å². The van der Waals surface area contributed by atoms with Crippen LogP contribution in [0.3, 0.4) is 0 Å². The van der Waals surface area contributed by atoms with Gasteiger partial charge in [0.25, 0.3) is 0 Å². The van der Waals surface area contributed by atoms with Crippen LogP contribution in [0.25, 0.3) is 0 Å². The zero-order valence-corrected chi connectivity index (χ0v) is 10.9. The van der Waals surface area contributed by atoms with Crippen molar-refractivity contribution < 1.29 is 23.4 Å². The topological polar surface area (TPSA) is 43.7 Å². The van der Waals surface area contributed by atoms with Crippen LogP contribution in [0.15, 0.2) is 0 Å². The molecule has 1 rings (SSSR count). The summed E-state index contributed by atoms with van der Waals surface area (Å²) in [7, 11) is 1.49. The predicted octanol–water partition coefficient (Wildman–Crippen LogP) is 1.78. The molecule has 0 amide bonds. The fourth-order valence-electron chi connectivity index (χ4n) is 2.42. The van der Waals surface area contributed by atoms with E-state index in [9.17, 15) is 18.3 Å². The summed E-state index contributed by atoms with van der Waals surface area (Å²) >= 11 is 0. The molecule has 18 heavy (non-hydrogen) atoms. The molecule has 0 aromatic rings. The van der Waals surface area contributed by atoms with Gasteiger partial charge in [0.15, 0.2) is 6.10 Å². The van der Waals surface area contributed by atoms with Crippen molar-refractivity contribution in [1.29, 1.82) is 0 Å². The maximum atomic E-state index is 12.2. The first-order chi connectivity index (χ1) is 8.12. The summed E-state index contributed by atoms with van der Waals surface area (Å²) in [5.74, 6) is 0.566. The third kappa shape index (κ3) is 4.74. The lowest BCUT2D eigenvalue weighted by atomic mass is 9.79. The highest BCUT2D eigenvalue weighted by Crippen LogP contribution is 2.32. The Kier molecular flexibility index (Phi) is 5.03. The number of likely N-dealkylation sites (N-methyl/N-ethyl adjacent to an activating group) is 1. The van der Waals surface area contributed by atoms with Gasteiger partial charge in [0.2, 0.25) is 0 Å². The molecule has 0 aromatic heterocycles. The summed E-state index contributed by atoms with van der Waals surface area (Å²) in [6.45, 7) is 1.78. The van der Waals surface area contributed by atoms with Gasteiger partial charge in [-0.15, -0.1) is 0 Å². The van der Waals surface area contributed by atoms with E-state index in [1.165, 1.54) is 11.9 Å². The molecule has 1 aliphatic carbocycles. The molecule has 1 aliphatic rings. The van der Waals surface area contributed by atoms with Crippen molar-refractivity contribution in [2.45, 2.75) is 50.5 Å². The lowest BCUT2D eigenvalue weighted by molar-refractivity contribution is -0.209. The Labute approximate surface area is 106 Å². The quantitative estimate of drug-likeness (QED) is 0.817. The fraction of sp³-hybridized carbons (Fsp3) is 1.00. The highest BCUT2D eigenvalue weighted by Gasteiger charge is 2.40. The van der Waals surface area contributed by atoms with Gasteiger partial charge in [-0.2, -0.15) is 13.2 Å². The predicted molar refractivity (Wildman–Crippen MR) is 62.1 cm³/mol. The second-order valence-electron chi connectivity index (χ2n) is 5.66. The Morgan fingerprint density at radius 1 is 1.33 bits per heavy atom. The molecule has 108 valence electrons. The van der Waals surface area contributed by atoms with Gasteiger partial charge >= 0.3 is 6.18 Å². The molecule has 0 saturated heterocycles. The first-order valence-electron chi connectivity index (χ1n) is 6.28. The van der Waals surface area contributed by atoms with Crippen LogP contribution in [0.4, 0.5) is 13.2 Å². The van der Waals surface area contributed by atoms with Crippen LogP contribution < -0.4 is 0 Å². The molecule has 1 saturated carbocycles. The van der Waals surface area contributed by atoms with Crippen molar-refractivity contribution in [3.05, 3.63) is 0 Å². The first-order valence-corrected chi connectivity index (χ1v) is 6.28. The lowest BCUT2D eigenvalue weighted by Gasteiger charge is -2.38. The smallest absolute Gasteiger partial charge is 0.389 e. The average molecular weight is 269 g/mol. The molecule has 1 unspecified atom stereocenters. The summed E-state index contributed by atoms with van der Waals surface area (Å²) in [5, 5.41) is 19.2. The van der Waals surface area contributed by atoms with Gasteiger partial charge in [-0.25, -0.2) is 0 Å². The Morgan fingerprint density at radius 3 is 2.28 bits per heavy atom. The normalized spacial score (nSPS) is 31.7. The second kappa shape index (κ2) is 5.75. The van der Waals surface area contributed by atoms with Crippen LogP contribution in [-0.2, 0) is 0 Å². The van der Waals surface area contributed by atoms with Crippen LogP contribution in [-0.4, -0.2) is 53.1 Å². The van der Waals surface area contributed by atoms with Crippen molar-refractivity contribution >= 4 is 0 Å². The maximum absolute atomic E-state index is 12.2. The number of halogens is 3. The van der Waals surface area contributed by atoms with Crippen molar-refractivity contribution in [2.75, 3.05) is 20.1 Å². The van der Waals surface area contributed by atoms with E-state index in [1.807, 2.05) is 0 Å². The van der Waals surface area contributed by atoms with Crippen molar-refractivity contribution in [3.63, 3.8) is 0 Å². The minimum Gasteiger partial charge on any atom is -0.389 e. The SMILES string of the molecule is CC1CCC(O)(CN(C)CC(O)C(F)(F)F)CC1. The lowest BCUT2D eigenvalue weighted by Crippen LogP contribution is -2.48. The Hall–Kier alpha value is -0.330. The molecule has 0 bridgehead atoms. The molecule has 1 fully saturated rings. The summed E-state index contributed by atoms with van der Waals surface area (Å²) in [5.41, 5.74) is -0.910. The fourth-order valence-corrected chi connectivity index (χ4v) is 2.42. The van der Waals surface area contributed by atoms with Crippen molar-refractivity contribution in [3.8, 4) is 0 Å². The molecule has 0 heterocycles. The molecule has 0 aliphatic heterocycles. The minimum absolute atomic E-state index is 0.173. The number of aliphatic hydroxyl groups is 2. The maximum Gasteiger partial charge on any atom is 0.415 e. The molecule has 2 N–H and O–H groups in total. The largest absolute Gasteiger partial charge is 0.415 e. The minimum atomic E-state index is -4.60. The highest BCUT2D eigenvalue weighted by molar-refractivity contribution is 4.87. The zero-order valence-electron chi connectivity index (χ0n) is 10.9. The number of hydrogen-bond acceptors (Lipinski definition) is 3. The van der Waals surface area contributed by atoms with Gasteiger partial charge < -0.3 is 15.1 Å². The Morgan fingerprint density at radius 2 is 1.83 bits per heavy atom. The molecular weight excluding hydrogens is 247 g/mol. The Bertz CT molecular complexity index is 263. The van der Waals surface area contributed by atoms with E-state index in [2.05, 4.69) is 6.92 Å². The number of aliphatic hydroxyl groups excluding tert-OH is 1. The number of hydrogen-bond donors (Lipinski definition) is 2. The molecule has 3 nitrogen and oxygen atoms in total. The number of rotatable bonds is 4. The summed E-state index contributed by atoms with van der Waals surface area (Å²) in [4.78, 5) is 1.36. The van der Waals surface area contributed by atoms with E-state index in [1.54, 1.807) is 0 Å². The van der Waals surface area contributed by atoms with Crippen LogP contribution in [0, 0.1) is 5.92 Å². The van der Waals surface area contributed by atoms with Crippen LogP contribution >= 0.6 is 0 Å². The Balaban J connectivity index is 2.42. The molecular formula is C12H22F3NO2.